The summed E-state index contributed by atoms with van der Waals surface area (Å²) in [6.07, 6.45) is 2.29. The molecule has 0 amide bonds. The van der Waals surface area contributed by atoms with Crippen molar-refractivity contribution in [1.82, 2.24) is 0 Å². The van der Waals surface area contributed by atoms with Gasteiger partial charge in [-0.1, -0.05) is 60.8 Å². The molecule has 0 aliphatic carbocycles. The molecule has 2 rings (SSSR count). The van der Waals surface area contributed by atoms with Crippen molar-refractivity contribution in [1.29, 1.82) is 0 Å². The third-order valence-electron chi connectivity index (χ3n) is 3.85. The normalized spacial score (nSPS) is 11.6. The summed E-state index contributed by atoms with van der Waals surface area (Å²) in [5.74, 6) is 0. The number of benzene rings is 2. The van der Waals surface area contributed by atoms with Gasteiger partial charge in [0.25, 0.3) is 0 Å². The van der Waals surface area contributed by atoms with Crippen LogP contribution < -0.4 is 5.32 Å². The fraction of sp³-hybridized carbons (Fsp3) is 0.333. The van der Waals surface area contributed by atoms with E-state index in [1.54, 1.807) is 0 Å². The number of nitrogens with two attached hydrogens (primary N) is 1. The highest BCUT2D eigenvalue weighted by molar-refractivity contribution is 6.30. The van der Waals surface area contributed by atoms with Crippen molar-refractivity contribution >= 4 is 23.2 Å². The molecule has 4 heteroatoms. The zero-order chi connectivity index (χ0) is 16.0. The van der Waals surface area contributed by atoms with Gasteiger partial charge in [0, 0.05) is 10.0 Å². The van der Waals surface area contributed by atoms with E-state index in [0.717, 1.165) is 30.5 Å². The van der Waals surface area contributed by atoms with E-state index in [-0.39, 0.29) is 0 Å². The van der Waals surface area contributed by atoms with E-state index in [1.807, 2.05) is 48.5 Å². The number of quaternary nitrogens is 1. The van der Waals surface area contributed by atoms with Gasteiger partial charge in [0.15, 0.2) is 5.60 Å². The molecule has 0 unspecified atom stereocenters. The predicted octanol–water partition coefficient (Wildman–Crippen LogP) is 3.59. The summed E-state index contributed by atoms with van der Waals surface area (Å²) in [4.78, 5) is 0. The minimum absolute atomic E-state index is 0.566. The molecule has 2 nitrogen and oxygen atoms in total. The van der Waals surface area contributed by atoms with Crippen LogP contribution in [0.25, 0.3) is 0 Å². The van der Waals surface area contributed by atoms with Crippen LogP contribution in [0, 0.1) is 0 Å². The van der Waals surface area contributed by atoms with Gasteiger partial charge < -0.3 is 10.4 Å². The van der Waals surface area contributed by atoms with E-state index in [9.17, 15) is 5.11 Å². The summed E-state index contributed by atoms with van der Waals surface area (Å²) in [6, 6.07) is 14.8. The Morgan fingerprint density at radius 3 is 1.77 bits per heavy atom. The van der Waals surface area contributed by atoms with Gasteiger partial charge in [-0.05, 0) is 41.8 Å². The van der Waals surface area contributed by atoms with Gasteiger partial charge >= 0.3 is 0 Å². The molecule has 0 spiro atoms. The molecule has 0 fully saturated rings. The number of hydrogen-bond donors (Lipinski definition) is 2. The van der Waals surface area contributed by atoms with Crippen molar-refractivity contribution in [2.45, 2.75) is 25.4 Å². The number of aliphatic hydroxyl groups is 1. The zero-order valence-corrected chi connectivity index (χ0v) is 14.2. The molecular formula is C18H22Cl2NO+. The molecule has 22 heavy (non-hydrogen) atoms. The van der Waals surface area contributed by atoms with Crippen molar-refractivity contribution in [3.63, 3.8) is 0 Å². The lowest BCUT2D eigenvalue weighted by atomic mass is 9.86. The summed E-state index contributed by atoms with van der Waals surface area (Å²) < 4.78 is 0. The van der Waals surface area contributed by atoms with Crippen LogP contribution in [0.15, 0.2) is 48.5 Å². The fourth-order valence-corrected chi connectivity index (χ4v) is 2.76. The third kappa shape index (κ3) is 4.23. The minimum Gasteiger partial charge on any atom is -0.375 e. The molecule has 3 N–H and O–H groups in total. The Kier molecular flexibility index (Phi) is 6.27. The van der Waals surface area contributed by atoms with Crippen LogP contribution in [0.2, 0.25) is 10.0 Å². The molecule has 0 bridgehead atoms. The Bertz CT molecular complexity index is 536. The van der Waals surface area contributed by atoms with Crippen molar-refractivity contribution in [3.8, 4) is 0 Å². The highest BCUT2D eigenvalue weighted by Gasteiger charge is 2.33. The first-order chi connectivity index (χ1) is 10.6. The number of rotatable bonds is 7. The van der Waals surface area contributed by atoms with Crippen LogP contribution in [0.5, 0.6) is 0 Å². The molecule has 0 aromatic heterocycles. The van der Waals surface area contributed by atoms with Gasteiger partial charge in [-0.2, -0.15) is 0 Å². The zero-order valence-electron chi connectivity index (χ0n) is 12.7. The number of hydrogen-bond acceptors (Lipinski definition) is 1. The van der Waals surface area contributed by atoms with E-state index in [4.69, 9.17) is 23.2 Å². The average molecular weight is 339 g/mol. The molecule has 0 atom stereocenters. The quantitative estimate of drug-likeness (QED) is 0.743. The van der Waals surface area contributed by atoms with Crippen molar-refractivity contribution in [2.24, 2.45) is 0 Å². The van der Waals surface area contributed by atoms with Crippen LogP contribution in [-0.4, -0.2) is 18.2 Å². The largest absolute Gasteiger partial charge is 0.375 e. The lowest BCUT2D eigenvalue weighted by Gasteiger charge is -2.28. The lowest BCUT2D eigenvalue weighted by Crippen LogP contribution is -2.87. The average Bonchev–Trinajstić information content (AvgIpc) is 2.52. The second-order valence-corrected chi connectivity index (χ2v) is 6.38. The maximum absolute atomic E-state index is 11.3. The second-order valence-electron chi connectivity index (χ2n) is 5.51. The monoisotopic (exact) mass is 338 g/mol. The Morgan fingerprint density at radius 1 is 0.909 bits per heavy atom. The van der Waals surface area contributed by atoms with Gasteiger partial charge in [0.2, 0.25) is 0 Å². The van der Waals surface area contributed by atoms with Crippen molar-refractivity contribution in [2.75, 3.05) is 13.1 Å². The van der Waals surface area contributed by atoms with Crippen molar-refractivity contribution < 1.29 is 10.4 Å². The first-order valence-electron chi connectivity index (χ1n) is 7.62. The highest BCUT2D eigenvalue weighted by Crippen LogP contribution is 2.30. The van der Waals surface area contributed by atoms with Crippen LogP contribution in [0.4, 0.5) is 0 Å². The standard InChI is InChI=1S/C18H21Cl2NO/c1-2-3-12-21-13-18(22,14-4-8-16(19)9-5-14)15-6-10-17(20)11-7-15/h4-11,21-22H,2-3,12-13H2,1H3/p+1. The Morgan fingerprint density at radius 2 is 1.36 bits per heavy atom. The molecule has 0 aliphatic rings. The summed E-state index contributed by atoms with van der Waals surface area (Å²) in [5.41, 5.74) is 0.627. The van der Waals surface area contributed by atoms with Gasteiger partial charge in [-0.3, -0.25) is 0 Å². The smallest absolute Gasteiger partial charge is 0.163 e. The molecule has 0 radical (unpaired) electrons. The Balaban J connectivity index is 2.30. The molecule has 0 heterocycles. The molecule has 2 aromatic carbocycles. The van der Waals surface area contributed by atoms with Crippen LogP contribution >= 0.6 is 23.2 Å². The van der Waals surface area contributed by atoms with E-state index in [2.05, 4.69) is 12.2 Å². The molecule has 0 saturated carbocycles. The maximum Gasteiger partial charge on any atom is 0.163 e. The number of unbranched alkanes of at least 4 members (excludes halogenated alkanes) is 1. The first kappa shape index (κ1) is 17.3. The summed E-state index contributed by atoms with van der Waals surface area (Å²) >= 11 is 11.9. The highest BCUT2D eigenvalue weighted by atomic mass is 35.5. The lowest BCUT2D eigenvalue weighted by molar-refractivity contribution is -0.667. The molecule has 0 aliphatic heterocycles. The van der Waals surface area contributed by atoms with Gasteiger partial charge in [-0.15, -0.1) is 0 Å². The van der Waals surface area contributed by atoms with Crippen molar-refractivity contribution in [3.05, 3.63) is 69.7 Å². The Hall–Kier alpha value is -1.06. The summed E-state index contributed by atoms with van der Waals surface area (Å²) in [6.45, 7) is 3.73. The topological polar surface area (TPSA) is 36.8 Å². The van der Waals surface area contributed by atoms with Crippen LogP contribution in [0.1, 0.15) is 30.9 Å². The fourth-order valence-electron chi connectivity index (χ4n) is 2.51. The SMILES string of the molecule is CCCC[NH2+]CC(O)(c1ccc(Cl)cc1)c1ccc(Cl)cc1. The van der Waals surface area contributed by atoms with Crippen LogP contribution in [0.3, 0.4) is 0 Å². The van der Waals surface area contributed by atoms with Crippen LogP contribution in [-0.2, 0) is 5.60 Å². The van der Waals surface area contributed by atoms with E-state index in [1.165, 1.54) is 0 Å². The maximum atomic E-state index is 11.3. The summed E-state index contributed by atoms with van der Waals surface area (Å²) in [5, 5.41) is 14.8. The molecule has 118 valence electrons. The van der Waals surface area contributed by atoms with Gasteiger partial charge in [-0.25, -0.2) is 0 Å². The van der Waals surface area contributed by atoms with E-state index < -0.39 is 5.60 Å². The third-order valence-corrected chi connectivity index (χ3v) is 4.35. The van der Waals surface area contributed by atoms with Gasteiger partial charge in [0.05, 0.1) is 6.54 Å². The van der Waals surface area contributed by atoms with Gasteiger partial charge in [0.1, 0.15) is 6.54 Å². The Labute approximate surface area is 142 Å². The molecule has 0 saturated heterocycles. The van der Waals surface area contributed by atoms with E-state index >= 15 is 0 Å². The predicted molar refractivity (Wildman–Crippen MR) is 92.5 cm³/mol. The summed E-state index contributed by atoms with van der Waals surface area (Å²) in [7, 11) is 0. The number of halogens is 2. The molecule has 2 aromatic rings. The van der Waals surface area contributed by atoms with E-state index in [0.29, 0.717) is 16.6 Å². The minimum atomic E-state index is -1.05. The first-order valence-corrected chi connectivity index (χ1v) is 8.38. The molecular weight excluding hydrogens is 317 g/mol. The second kappa shape index (κ2) is 7.98.